The van der Waals surface area contributed by atoms with Crippen LogP contribution in [0.5, 0.6) is 0 Å². The molecule has 0 aliphatic heterocycles. The van der Waals surface area contributed by atoms with Crippen molar-refractivity contribution in [3.05, 3.63) is 24.3 Å². The van der Waals surface area contributed by atoms with Gasteiger partial charge in [0, 0.05) is 19.3 Å². The average molecular weight is 1170 g/mol. The van der Waals surface area contributed by atoms with E-state index in [2.05, 4.69) is 45.1 Å². The summed E-state index contributed by atoms with van der Waals surface area (Å²) < 4.78 is 17.0. The Bertz CT molecular complexity index is 1340. The van der Waals surface area contributed by atoms with Crippen molar-refractivity contribution < 1.29 is 28.6 Å². The first kappa shape index (κ1) is 80.9. The lowest BCUT2D eigenvalue weighted by molar-refractivity contribution is -0.167. The lowest BCUT2D eigenvalue weighted by Gasteiger charge is -2.18. The monoisotopic (exact) mass is 1170 g/mol. The molecule has 1 atom stereocenters. The highest BCUT2D eigenvalue weighted by Gasteiger charge is 2.20. The molecule has 0 aliphatic rings. The lowest BCUT2D eigenvalue weighted by atomic mass is 10.0. The molecule has 0 saturated carbocycles. The van der Waals surface area contributed by atoms with Gasteiger partial charge in [-0.1, -0.05) is 373 Å². The van der Waals surface area contributed by atoms with Crippen molar-refractivity contribution in [2.75, 3.05) is 13.2 Å². The Hall–Kier alpha value is -2.11. The van der Waals surface area contributed by atoms with Crippen LogP contribution in [0.4, 0.5) is 0 Å². The molecule has 0 fully saturated rings. The Labute approximate surface area is 519 Å². The van der Waals surface area contributed by atoms with Gasteiger partial charge in [0.1, 0.15) is 13.2 Å². The molecule has 0 N–H and O–H groups in total. The van der Waals surface area contributed by atoms with Crippen LogP contribution in [0.3, 0.4) is 0 Å². The second-order valence-corrected chi connectivity index (χ2v) is 25.9. The first-order valence-electron chi connectivity index (χ1n) is 37.8. The smallest absolute Gasteiger partial charge is 0.306 e. The quantitative estimate of drug-likeness (QED) is 0.0261. The maximum Gasteiger partial charge on any atom is 0.306 e. The van der Waals surface area contributed by atoms with Crippen LogP contribution in [-0.4, -0.2) is 37.2 Å². The Morgan fingerprint density at radius 3 is 0.639 bits per heavy atom. The van der Waals surface area contributed by atoms with E-state index >= 15 is 0 Å². The van der Waals surface area contributed by atoms with Gasteiger partial charge in [0.15, 0.2) is 6.10 Å². The fourth-order valence-corrected chi connectivity index (χ4v) is 11.7. The Kier molecular flexibility index (Phi) is 70.5. The predicted molar refractivity (Wildman–Crippen MR) is 363 cm³/mol. The first-order valence-corrected chi connectivity index (χ1v) is 37.8. The van der Waals surface area contributed by atoms with E-state index in [9.17, 15) is 14.4 Å². The van der Waals surface area contributed by atoms with Crippen molar-refractivity contribution in [2.24, 2.45) is 0 Å². The van der Waals surface area contributed by atoms with Gasteiger partial charge in [0.05, 0.1) is 0 Å². The number of ether oxygens (including phenoxy) is 3. The van der Waals surface area contributed by atoms with Crippen LogP contribution in [0.15, 0.2) is 24.3 Å². The number of rotatable bonds is 71. The summed E-state index contributed by atoms with van der Waals surface area (Å²) in [6.07, 6.45) is 89.6. The van der Waals surface area contributed by atoms with Crippen LogP contribution in [0, 0.1) is 0 Å². The Balaban J connectivity index is 4.06. The Morgan fingerprint density at radius 2 is 0.410 bits per heavy atom. The SMILES string of the molecule is CCCC/C=C\CCCCCCCC(=O)OCC(COC(=O)CCCCCCCCCCCCCCCCCCCCCCCCCCCCCCCCCCC)OC(=O)CCCCCCCCCCC/C=C\CCCCCCCCCC. The molecule has 490 valence electrons. The Morgan fingerprint density at radius 1 is 0.229 bits per heavy atom. The topological polar surface area (TPSA) is 78.9 Å². The van der Waals surface area contributed by atoms with Gasteiger partial charge in [0.2, 0.25) is 0 Å². The maximum absolute atomic E-state index is 12.9. The maximum atomic E-state index is 12.9. The molecule has 0 aromatic heterocycles. The molecule has 0 radical (unpaired) electrons. The lowest BCUT2D eigenvalue weighted by Crippen LogP contribution is -2.30. The number of carbonyl (C=O) groups excluding carboxylic acids is 3. The van der Waals surface area contributed by atoms with Gasteiger partial charge in [-0.3, -0.25) is 14.4 Å². The summed E-state index contributed by atoms with van der Waals surface area (Å²) in [5.74, 6) is -0.852. The average Bonchev–Trinajstić information content (AvgIpc) is 3.48. The molecule has 0 heterocycles. The highest BCUT2D eigenvalue weighted by molar-refractivity contribution is 5.71. The van der Waals surface area contributed by atoms with Crippen LogP contribution in [0.25, 0.3) is 0 Å². The van der Waals surface area contributed by atoms with Gasteiger partial charge in [-0.05, 0) is 64.2 Å². The number of hydrogen-bond donors (Lipinski definition) is 0. The van der Waals surface area contributed by atoms with E-state index in [0.717, 1.165) is 64.2 Å². The van der Waals surface area contributed by atoms with Gasteiger partial charge >= 0.3 is 17.9 Å². The number of hydrogen-bond acceptors (Lipinski definition) is 6. The number of carbonyl (C=O) groups is 3. The molecule has 0 saturated heterocycles. The highest BCUT2D eigenvalue weighted by Crippen LogP contribution is 2.19. The van der Waals surface area contributed by atoms with Gasteiger partial charge in [-0.25, -0.2) is 0 Å². The van der Waals surface area contributed by atoms with Crippen LogP contribution < -0.4 is 0 Å². The minimum Gasteiger partial charge on any atom is -0.462 e. The third-order valence-electron chi connectivity index (χ3n) is 17.4. The molecule has 0 aromatic rings. The van der Waals surface area contributed by atoms with E-state index in [4.69, 9.17) is 14.2 Å². The van der Waals surface area contributed by atoms with Crippen molar-refractivity contribution in [2.45, 2.75) is 438 Å². The molecular weight excluding hydrogens is 1020 g/mol. The summed E-state index contributed by atoms with van der Waals surface area (Å²) in [5, 5.41) is 0. The van der Waals surface area contributed by atoms with E-state index < -0.39 is 6.10 Å². The van der Waals surface area contributed by atoms with Crippen LogP contribution >= 0.6 is 0 Å². The predicted octanol–water partition coefficient (Wildman–Crippen LogP) is 26.1. The normalized spacial score (nSPS) is 12.1. The standard InChI is InChI=1S/C77H146O6/c1-4-7-10-13-16-19-22-24-26-28-30-32-33-34-35-36-37-38-39-40-41-42-43-45-46-48-50-52-55-58-61-64-67-70-76(79)82-73-74(72-81-75(78)69-66-63-60-57-54-21-18-15-12-9-6-3)83-77(80)71-68-65-62-59-56-53-51-49-47-44-31-29-27-25-23-20-17-14-11-8-5-2/h15,18,29,31,74H,4-14,16-17,19-28,30,32-73H2,1-3H3/b18-15-,31-29-. The van der Waals surface area contributed by atoms with Gasteiger partial charge in [-0.15, -0.1) is 0 Å². The second-order valence-electron chi connectivity index (χ2n) is 25.9. The molecule has 0 aliphatic carbocycles. The zero-order valence-corrected chi connectivity index (χ0v) is 56.5. The molecular formula is C77H146O6. The van der Waals surface area contributed by atoms with Gasteiger partial charge < -0.3 is 14.2 Å². The van der Waals surface area contributed by atoms with E-state index in [-0.39, 0.29) is 31.1 Å². The number of allylic oxidation sites excluding steroid dienone is 4. The molecule has 6 heteroatoms. The summed E-state index contributed by atoms with van der Waals surface area (Å²) in [4.78, 5) is 38.4. The summed E-state index contributed by atoms with van der Waals surface area (Å²) >= 11 is 0. The zero-order chi connectivity index (χ0) is 59.9. The number of esters is 3. The minimum absolute atomic E-state index is 0.0695. The summed E-state index contributed by atoms with van der Waals surface area (Å²) in [5.41, 5.74) is 0. The molecule has 0 spiro atoms. The summed E-state index contributed by atoms with van der Waals surface area (Å²) in [7, 11) is 0. The van der Waals surface area contributed by atoms with Crippen molar-refractivity contribution in [3.8, 4) is 0 Å². The molecule has 0 amide bonds. The van der Waals surface area contributed by atoms with Crippen LogP contribution in [-0.2, 0) is 28.6 Å². The molecule has 83 heavy (non-hydrogen) atoms. The van der Waals surface area contributed by atoms with E-state index in [1.807, 2.05) is 0 Å². The van der Waals surface area contributed by atoms with Crippen molar-refractivity contribution >= 4 is 17.9 Å². The van der Waals surface area contributed by atoms with Crippen molar-refractivity contribution in [1.29, 1.82) is 0 Å². The van der Waals surface area contributed by atoms with E-state index in [0.29, 0.717) is 19.3 Å². The summed E-state index contributed by atoms with van der Waals surface area (Å²) in [6.45, 7) is 6.67. The third-order valence-corrected chi connectivity index (χ3v) is 17.4. The molecule has 0 rings (SSSR count). The first-order chi connectivity index (χ1) is 41.0. The van der Waals surface area contributed by atoms with E-state index in [1.54, 1.807) is 0 Å². The summed E-state index contributed by atoms with van der Waals surface area (Å²) in [6, 6.07) is 0. The molecule has 6 nitrogen and oxygen atoms in total. The highest BCUT2D eigenvalue weighted by atomic mass is 16.6. The fourth-order valence-electron chi connectivity index (χ4n) is 11.7. The second kappa shape index (κ2) is 72.4. The molecule has 0 bridgehead atoms. The van der Waals surface area contributed by atoms with Gasteiger partial charge in [-0.2, -0.15) is 0 Å². The molecule has 0 aromatic carbocycles. The minimum atomic E-state index is -0.774. The largest absolute Gasteiger partial charge is 0.462 e. The van der Waals surface area contributed by atoms with Crippen LogP contribution in [0.2, 0.25) is 0 Å². The van der Waals surface area contributed by atoms with Crippen molar-refractivity contribution in [3.63, 3.8) is 0 Å². The third kappa shape index (κ3) is 70.5. The zero-order valence-electron chi connectivity index (χ0n) is 56.5. The van der Waals surface area contributed by atoms with Crippen molar-refractivity contribution in [1.82, 2.24) is 0 Å². The number of unbranched alkanes of at least 4 members (excludes halogenated alkanes) is 56. The van der Waals surface area contributed by atoms with Gasteiger partial charge in [0.25, 0.3) is 0 Å². The van der Waals surface area contributed by atoms with E-state index in [1.165, 1.54) is 327 Å². The fraction of sp³-hybridized carbons (Fsp3) is 0.909. The van der Waals surface area contributed by atoms with Crippen LogP contribution in [0.1, 0.15) is 432 Å². The molecule has 1 unspecified atom stereocenters.